The van der Waals surface area contributed by atoms with E-state index in [1.807, 2.05) is 0 Å². The molecule has 2 atom stereocenters. The molecule has 1 heterocycles. The van der Waals surface area contributed by atoms with E-state index >= 15 is 0 Å². The lowest BCUT2D eigenvalue weighted by atomic mass is 9.92. The van der Waals surface area contributed by atoms with Crippen molar-refractivity contribution in [3.05, 3.63) is 0 Å². The van der Waals surface area contributed by atoms with Crippen molar-refractivity contribution in [3.63, 3.8) is 0 Å². The number of rotatable bonds is 4. The number of carbonyl (C=O) groups is 1. The highest BCUT2D eigenvalue weighted by Crippen LogP contribution is 2.25. The number of hydrogen-bond donors (Lipinski definition) is 2. The molecule has 1 saturated heterocycles. The number of sulfone groups is 1. The quantitative estimate of drug-likeness (QED) is 0.658. The summed E-state index contributed by atoms with van der Waals surface area (Å²) in [6, 6.07) is 0. The molecule has 2 N–H and O–H groups in total. The second-order valence-electron chi connectivity index (χ2n) is 3.67. The van der Waals surface area contributed by atoms with Crippen LogP contribution in [-0.4, -0.2) is 44.6 Å². The van der Waals surface area contributed by atoms with Gasteiger partial charge in [-0.15, -0.1) is 0 Å². The van der Waals surface area contributed by atoms with Gasteiger partial charge in [0.2, 0.25) is 0 Å². The minimum Gasteiger partial charge on any atom is -0.481 e. The Kier molecular flexibility index (Phi) is 3.49. The van der Waals surface area contributed by atoms with Crippen LogP contribution in [0.15, 0.2) is 0 Å². The third kappa shape index (κ3) is 2.68. The Morgan fingerprint density at radius 3 is 2.64 bits per heavy atom. The topological polar surface area (TPSA) is 83.5 Å². The average molecular weight is 221 g/mol. The Labute approximate surface area is 83.4 Å². The van der Waals surface area contributed by atoms with Crippen molar-refractivity contribution >= 4 is 15.8 Å². The fraction of sp³-hybridized carbons (Fsp3) is 0.875. The van der Waals surface area contributed by atoms with Gasteiger partial charge in [0.25, 0.3) is 0 Å². The molecule has 0 radical (unpaired) electrons. The van der Waals surface area contributed by atoms with Gasteiger partial charge in [0.15, 0.2) is 9.84 Å². The standard InChI is InChI=1S/C8H15NO4S/c1-9-4-7(8(10)11)6-2-3-14(12,13)5-6/h6-7,9H,2-5H2,1H3,(H,10,11). The maximum absolute atomic E-state index is 11.2. The molecular weight excluding hydrogens is 206 g/mol. The van der Waals surface area contributed by atoms with E-state index < -0.39 is 21.7 Å². The Morgan fingerprint density at radius 2 is 2.29 bits per heavy atom. The lowest BCUT2D eigenvalue weighted by molar-refractivity contribution is -0.143. The first-order valence-electron chi connectivity index (χ1n) is 4.54. The molecule has 0 aromatic rings. The molecule has 6 heteroatoms. The summed E-state index contributed by atoms with van der Waals surface area (Å²) in [5.41, 5.74) is 0. The average Bonchev–Trinajstić information content (AvgIpc) is 2.41. The van der Waals surface area contributed by atoms with Crippen LogP contribution in [0.4, 0.5) is 0 Å². The highest BCUT2D eigenvalue weighted by Gasteiger charge is 2.36. The van der Waals surface area contributed by atoms with E-state index in [1.54, 1.807) is 7.05 Å². The van der Waals surface area contributed by atoms with Crippen LogP contribution in [0, 0.1) is 11.8 Å². The van der Waals surface area contributed by atoms with E-state index in [-0.39, 0.29) is 17.4 Å². The molecule has 0 aliphatic carbocycles. The summed E-state index contributed by atoms with van der Waals surface area (Å²) in [7, 11) is -1.32. The fourth-order valence-corrected chi connectivity index (χ4v) is 3.70. The van der Waals surface area contributed by atoms with Gasteiger partial charge in [-0.1, -0.05) is 0 Å². The molecule has 82 valence electrons. The fourth-order valence-electron chi connectivity index (χ4n) is 1.82. The second kappa shape index (κ2) is 4.27. The van der Waals surface area contributed by atoms with Gasteiger partial charge in [0.05, 0.1) is 17.4 Å². The summed E-state index contributed by atoms with van der Waals surface area (Å²) >= 11 is 0. The molecule has 0 bridgehead atoms. The molecule has 1 aliphatic heterocycles. The molecule has 0 spiro atoms. The van der Waals surface area contributed by atoms with Gasteiger partial charge in [0.1, 0.15) is 0 Å². The molecule has 0 aromatic heterocycles. The lowest BCUT2D eigenvalue weighted by Gasteiger charge is -2.17. The molecule has 14 heavy (non-hydrogen) atoms. The smallest absolute Gasteiger partial charge is 0.308 e. The molecule has 0 aromatic carbocycles. The van der Waals surface area contributed by atoms with Crippen LogP contribution >= 0.6 is 0 Å². The number of nitrogens with one attached hydrogen (secondary N) is 1. The minimum atomic E-state index is -2.98. The van der Waals surface area contributed by atoms with Gasteiger partial charge in [-0.3, -0.25) is 4.79 Å². The number of carboxylic acid groups (broad SMARTS) is 1. The summed E-state index contributed by atoms with van der Waals surface area (Å²) in [5, 5.41) is 11.7. The van der Waals surface area contributed by atoms with Crippen LogP contribution in [0.1, 0.15) is 6.42 Å². The molecular formula is C8H15NO4S. The highest BCUT2D eigenvalue weighted by atomic mass is 32.2. The van der Waals surface area contributed by atoms with Crippen LogP contribution in [0.2, 0.25) is 0 Å². The van der Waals surface area contributed by atoms with E-state index in [2.05, 4.69) is 5.32 Å². The van der Waals surface area contributed by atoms with Crippen molar-refractivity contribution in [1.29, 1.82) is 0 Å². The van der Waals surface area contributed by atoms with Crippen LogP contribution in [0.3, 0.4) is 0 Å². The van der Waals surface area contributed by atoms with Crippen molar-refractivity contribution < 1.29 is 18.3 Å². The van der Waals surface area contributed by atoms with Crippen LogP contribution in [0.25, 0.3) is 0 Å². The van der Waals surface area contributed by atoms with Gasteiger partial charge in [0, 0.05) is 6.54 Å². The van der Waals surface area contributed by atoms with Crippen molar-refractivity contribution in [1.82, 2.24) is 5.32 Å². The van der Waals surface area contributed by atoms with Crippen LogP contribution in [-0.2, 0) is 14.6 Å². The van der Waals surface area contributed by atoms with E-state index in [9.17, 15) is 13.2 Å². The zero-order chi connectivity index (χ0) is 10.8. The SMILES string of the molecule is CNCC(C(=O)O)C1CCS(=O)(=O)C1. The molecule has 1 rings (SSSR count). The molecule has 1 fully saturated rings. The van der Waals surface area contributed by atoms with Crippen molar-refractivity contribution in [3.8, 4) is 0 Å². The van der Waals surface area contributed by atoms with E-state index in [4.69, 9.17) is 5.11 Å². The number of aliphatic carboxylic acids is 1. The Morgan fingerprint density at radius 1 is 1.64 bits per heavy atom. The van der Waals surface area contributed by atoms with Crippen molar-refractivity contribution in [2.45, 2.75) is 6.42 Å². The van der Waals surface area contributed by atoms with Gasteiger partial charge in [-0.05, 0) is 19.4 Å². The first-order valence-corrected chi connectivity index (χ1v) is 6.36. The molecule has 0 saturated carbocycles. The molecule has 0 amide bonds. The minimum absolute atomic E-state index is 0.0195. The Hall–Kier alpha value is -0.620. The van der Waals surface area contributed by atoms with Gasteiger partial charge in [-0.2, -0.15) is 0 Å². The van der Waals surface area contributed by atoms with Gasteiger partial charge < -0.3 is 10.4 Å². The summed E-state index contributed by atoms with van der Waals surface area (Å²) in [6.45, 7) is 0.329. The summed E-state index contributed by atoms with van der Waals surface area (Å²) in [5.74, 6) is -1.58. The van der Waals surface area contributed by atoms with Crippen molar-refractivity contribution in [2.75, 3.05) is 25.1 Å². The predicted octanol–water partition coefficient (Wildman–Crippen LogP) is -0.659. The lowest BCUT2D eigenvalue weighted by Crippen LogP contribution is -2.33. The third-order valence-electron chi connectivity index (χ3n) is 2.58. The summed E-state index contributed by atoms with van der Waals surface area (Å²) in [6.07, 6.45) is 0.473. The van der Waals surface area contributed by atoms with Gasteiger partial charge >= 0.3 is 5.97 Å². The second-order valence-corrected chi connectivity index (χ2v) is 5.89. The van der Waals surface area contributed by atoms with E-state index in [1.165, 1.54) is 0 Å². The Balaban J connectivity index is 2.67. The van der Waals surface area contributed by atoms with E-state index in [0.717, 1.165) is 0 Å². The highest BCUT2D eigenvalue weighted by molar-refractivity contribution is 7.91. The van der Waals surface area contributed by atoms with E-state index in [0.29, 0.717) is 13.0 Å². The molecule has 2 unspecified atom stereocenters. The predicted molar refractivity (Wildman–Crippen MR) is 51.8 cm³/mol. The number of carboxylic acids is 1. The van der Waals surface area contributed by atoms with Crippen molar-refractivity contribution in [2.24, 2.45) is 11.8 Å². The number of hydrogen-bond acceptors (Lipinski definition) is 4. The Bertz CT molecular complexity index is 311. The zero-order valence-electron chi connectivity index (χ0n) is 8.06. The first-order chi connectivity index (χ1) is 6.46. The zero-order valence-corrected chi connectivity index (χ0v) is 8.88. The third-order valence-corrected chi connectivity index (χ3v) is 4.37. The summed E-state index contributed by atoms with van der Waals surface area (Å²) < 4.78 is 22.3. The van der Waals surface area contributed by atoms with Crippen LogP contribution < -0.4 is 5.32 Å². The maximum atomic E-state index is 11.2. The van der Waals surface area contributed by atoms with Gasteiger partial charge in [-0.25, -0.2) is 8.42 Å². The normalized spacial score (nSPS) is 27.4. The molecule has 1 aliphatic rings. The monoisotopic (exact) mass is 221 g/mol. The molecule has 5 nitrogen and oxygen atoms in total. The first kappa shape index (κ1) is 11.5. The van der Waals surface area contributed by atoms with Crippen LogP contribution in [0.5, 0.6) is 0 Å². The largest absolute Gasteiger partial charge is 0.481 e. The maximum Gasteiger partial charge on any atom is 0.308 e. The summed E-state index contributed by atoms with van der Waals surface area (Å²) in [4.78, 5) is 10.9.